The van der Waals surface area contributed by atoms with Gasteiger partial charge in [-0.05, 0) is 30.5 Å². The largest absolute Gasteiger partial charge is 0.388 e. The number of carbonyl (C=O) groups is 1. The highest BCUT2D eigenvalue weighted by Crippen LogP contribution is 2.32. The molecule has 0 aliphatic heterocycles. The second-order valence-corrected chi connectivity index (χ2v) is 7.40. The molecule has 0 saturated heterocycles. The molecule has 10 heteroatoms. The minimum atomic E-state index is -1.13. The molecular formula is C20H25N7O3. The number of hydrogen-bond donors (Lipinski definition) is 5. The Kier molecular flexibility index (Phi) is 5.62. The van der Waals surface area contributed by atoms with Crippen molar-refractivity contribution in [2.45, 2.75) is 43.7 Å². The van der Waals surface area contributed by atoms with E-state index in [2.05, 4.69) is 25.6 Å². The van der Waals surface area contributed by atoms with Crippen molar-refractivity contribution in [1.82, 2.24) is 24.8 Å². The van der Waals surface area contributed by atoms with Crippen LogP contribution in [0.1, 0.15) is 34.8 Å². The number of nitrogens with one attached hydrogen (secondary N) is 2. The SMILES string of the molecule is CNc1ncnc2c1ncn2[C@@H]1CC[C@@H](NC(=O)c2ccc(CN)cc2)[C@@H](O)[C@@H]1O. The summed E-state index contributed by atoms with van der Waals surface area (Å²) in [5.74, 6) is 0.295. The maximum absolute atomic E-state index is 12.5. The molecule has 0 unspecified atom stereocenters. The van der Waals surface area contributed by atoms with Crippen molar-refractivity contribution in [3.8, 4) is 0 Å². The zero-order valence-corrected chi connectivity index (χ0v) is 16.6. The molecule has 1 aromatic carbocycles. The highest BCUT2D eigenvalue weighted by Gasteiger charge is 2.39. The average molecular weight is 411 g/mol. The standard InChI is InChI=1S/C20H25N7O3/c1-22-18-15-19(24-9-23-18)27(10-25-15)14-7-6-13(16(28)17(14)29)26-20(30)12-4-2-11(8-21)3-5-12/h2-5,9-10,13-14,16-17,28-29H,6-8,21H2,1H3,(H,26,30)(H,22,23,24)/t13-,14-,16-,17-/m1/s1. The quantitative estimate of drug-likeness (QED) is 0.399. The summed E-state index contributed by atoms with van der Waals surface area (Å²) < 4.78 is 1.76. The van der Waals surface area contributed by atoms with Gasteiger partial charge in [-0.15, -0.1) is 0 Å². The molecule has 1 fully saturated rings. The Balaban J connectivity index is 1.49. The van der Waals surface area contributed by atoms with Gasteiger partial charge in [0.15, 0.2) is 11.5 Å². The number of carbonyl (C=O) groups excluding carboxylic acids is 1. The number of anilines is 1. The number of aromatic nitrogens is 4. The molecule has 6 N–H and O–H groups in total. The summed E-state index contributed by atoms with van der Waals surface area (Å²) in [5.41, 5.74) is 8.17. The van der Waals surface area contributed by atoms with Crippen LogP contribution in [0.3, 0.4) is 0 Å². The third-order valence-corrected chi connectivity index (χ3v) is 5.65. The van der Waals surface area contributed by atoms with E-state index in [0.717, 1.165) is 5.56 Å². The molecule has 10 nitrogen and oxygen atoms in total. The van der Waals surface area contributed by atoms with Gasteiger partial charge in [0.05, 0.1) is 18.4 Å². The van der Waals surface area contributed by atoms with E-state index < -0.39 is 24.3 Å². The van der Waals surface area contributed by atoms with Crippen LogP contribution in [0.4, 0.5) is 5.82 Å². The zero-order chi connectivity index (χ0) is 21.3. The lowest BCUT2D eigenvalue weighted by molar-refractivity contribution is -0.0552. The molecule has 1 aliphatic carbocycles. The maximum Gasteiger partial charge on any atom is 0.251 e. The van der Waals surface area contributed by atoms with Gasteiger partial charge in [-0.25, -0.2) is 15.0 Å². The predicted octanol–water partition coefficient (Wildman–Crippen LogP) is 0.182. The molecule has 0 spiro atoms. The summed E-state index contributed by atoms with van der Waals surface area (Å²) >= 11 is 0. The molecule has 1 aliphatic rings. The van der Waals surface area contributed by atoms with Crippen LogP contribution in [0.5, 0.6) is 0 Å². The van der Waals surface area contributed by atoms with Crippen LogP contribution < -0.4 is 16.4 Å². The number of nitrogens with zero attached hydrogens (tertiary/aromatic N) is 4. The molecule has 2 aromatic heterocycles. The van der Waals surface area contributed by atoms with E-state index in [-0.39, 0.29) is 5.91 Å². The second-order valence-electron chi connectivity index (χ2n) is 7.40. The zero-order valence-electron chi connectivity index (χ0n) is 16.6. The summed E-state index contributed by atoms with van der Waals surface area (Å²) in [6, 6.07) is 6.01. The van der Waals surface area contributed by atoms with Crippen LogP contribution >= 0.6 is 0 Å². The van der Waals surface area contributed by atoms with Crippen LogP contribution in [0.15, 0.2) is 36.9 Å². The van der Waals surface area contributed by atoms with Crippen molar-refractivity contribution < 1.29 is 15.0 Å². The van der Waals surface area contributed by atoms with Crippen LogP contribution in [0, 0.1) is 0 Å². The Morgan fingerprint density at radius 3 is 2.63 bits per heavy atom. The van der Waals surface area contributed by atoms with Crippen LogP contribution in [0.25, 0.3) is 11.2 Å². The van der Waals surface area contributed by atoms with Gasteiger partial charge in [-0.3, -0.25) is 4.79 Å². The fraction of sp³-hybridized carbons (Fsp3) is 0.400. The first-order valence-electron chi connectivity index (χ1n) is 9.84. The van der Waals surface area contributed by atoms with Gasteiger partial charge in [-0.1, -0.05) is 12.1 Å². The number of nitrogens with two attached hydrogens (primary N) is 1. The average Bonchev–Trinajstić information content (AvgIpc) is 3.21. The van der Waals surface area contributed by atoms with E-state index >= 15 is 0 Å². The molecule has 158 valence electrons. The van der Waals surface area contributed by atoms with Crippen molar-refractivity contribution in [3.05, 3.63) is 48.0 Å². The Hall–Kier alpha value is -3.08. The van der Waals surface area contributed by atoms with Crippen LogP contribution in [-0.4, -0.2) is 60.9 Å². The van der Waals surface area contributed by atoms with E-state index in [0.29, 0.717) is 41.9 Å². The van der Waals surface area contributed by atoms with Crippen molar-refractivity contribution in [2.24, 2.45) is 5.73 Å². The summed E-state index contributed by atoms with van der Waals surface area (Å²) in [7, 11) is 1.75. The van der Waals surface area contributed by atoms with E-state index in [9.17, 15) is 15.0 Å². The van der Waals surface area contributed by atoms with E-state index in [4.69, 9.17) is 5.73 Å². The molecule has 1 saturated carbocycles. The summed E-state index contributed by atoms with van der Waals surface area (Å²) in [6.07, 6.45) is 1.85. The summed E-state index contributed by atoms with van der Waals surface area (Å²) in [4.78, 5) is 25.3. The first-order chi connectivity index (χ1) is 14.5. The lowest BCUT2D eigenvalue weighted by Gasteiger charge is -2.38. The number of fused-ring (bicyclic) bond motifs is 1. The highest BCUT2D eigenvalue weighted by atomic mass is 16.3. The maximum atomic E-state index is 12.5. The molecule has 0 radical (unpaired) electrons. The third kappa shape index (κ3) is 3.60. The van der Waals surface area contributed by atoms with E-state index in [1.807, 2.05) is 0 Å². The van der Waals surface area contributed by atoms with Crippen molar-refractivity contribution in [2.75, 3.05) is 12.4 Å². The molecule has 4 rings (SSSR count). The number of imidazole rings is 1. The van der Waals surface area contributed by atoms with Gasteiger partial charge in [0.2, 0.25) is 0 Å². The van der Waals surface area contributed by atoms with Gasteiger partial charge in [0.1, 0.15) is 24.1 Å². The predicted molar refractivity (Wildman–Crippen MR) is 111 cm³/mol. The van der Waals surface area contributed by atoms with Gasteiger partial charge < -0.3 is 31.1 Å². The monoisotopic (exact) mass is 411 g/mol. The third-order valence-electron chi connectivity index (χ3n) is 5.65. The van der Waals surface area contributed by atoms with Gasteiger partial charge in [-0.2, -0.15) is 0 Å². The Morgan fingerprint density at radius 2 is 1.93 bits per heavy atom. The number of aliphatic hydroxyl groups excluding tert-OH is 2. The Labute approximate surface area is 173 Å². The summed E-state index contributed by atoms with van der Waals surface area (Å²) in [5, 5.41) is 27.3. The molecular weight excluding hydrogens is 386 g/mol. The van der Waals surface area contributed by atoms with Gasteiger partial charge in [0, 0.05) is 19.2 Å². The highest BCUT2D eigenvalue weighted by molar-refractivity contribution is 5.94. The lowest BCUT2D eigenvalue weighted by atomic mass is 9.85. The fourth-order valence-corrected chi connectivity index (χ4v) is 3.94. The van der Waals surface area contributed by atoms with E-state index in [1.165, 1.54) is 6.33 Å². The topological polar surface area (TPSA) is 151 Å². The Bertz CT molecular complexity index is 1040. The molecule has 4 atom stereocenters. The van der Waals surface area contributed by atoms with Crippen LogP contribution in [0.2, 0.25) is 0 Å². The normalized spacial score (nSPS) is 24.0. The minimum Gasteiger partial charge on any atom is -0.388 e. The second kappa shape index (κ2) is 8.34. The number of aliphatic hydroxyl groups is 2. The minimum absolute atomic E-state index is 0.298. The Morgan fingerprint density at radius 1 is 1.17 bits per heavy atom. The van der Waals surface area contributed by atoms with E-state index in [1.54, 1.807) is 42.2 Å². The smallest absolute Gasteiger partial charge is 0.251 e. The number of amides is 1. The number of benzene rings is 1. The summed E-state index contributed by atoms with van der Waals surface area (Å²) in [6.45, 7) is 0.403. The lowest BCUT2D eigenvalue weighted by Crippen LogP contribution is -2.54. The number of rotatable bonds is 5. The van der Waals surface area contributed by atoms with Crippen molar-refractivity contribution >= 4 is 22.9 Å². The molecule has 2 heterocycles. The van der Waals surface area contributed by atoms with Gasteiger partial charge in [0.25, 0.3) is 5.91 Å². The van der Waals surface area contributed by atoms with Crippen molar-refractivity contribution in [3.63, 3.8) is 0 Å². The molecule has 30 heavy (non-hydrogen) atoms. The van der Waals surface area contributed by atoms with Gasteiger partial charge >= 0.3 is 0 Å². The first kappa shape index (κ1) is 20.2. The fourth-order valence-electron chi connectivity index (χ4n) is 3.94. The molecule has 0 bridgehead atoms. The molecule has 3 aromatic rings. The van der Waals surface area contributed by atoms with Crippen LogP contribution in [-0.2, 0) is 6.54 Å². The first-order valence-corrected chi connectivity index (χ1v) is 9.84. The van der Waals surface area contributed by atoms with Crippen molar-refractivity contribution in [1.29, 1.82) is 0 Å². The molecule has 1 amide bonds. The number of hydrogen-bond acceptors (Lipinski definition) is 8.